The Morgan fingerprint density at radius 3 is 1.96 bits per heavy atom. The first-order valence-electron chi connectivity index (χ1n) is 23.9. The van der Waals surface area contributed by atoms with Gasteiger partial charge >= 0.3 is 13.9 Å². The number of aromatic amines is 2. The van der Waals surface area contributed by atoms with Crippen LogP contribution in [-0.2, 0) is 36.3 Å². The van der Waals surface area contributed by atoms with Crippen LogP contribution in [0.4, 0.5) is 4.79 Å². The summed E-state index contributed by atoms with van der Waals surface area (Å²) >= 11 is 5.99. The molecule has 5 aromatic rings. The number of nitrogens with one attached hydrogen (secondary N) is 5. The summed E-state index contributed by atoms with van der Waals surface area (Å²) in [6.07, 6.45) is 11.3. The first kappa shape index (κ1) is 54.8. The fourth-order valence-electron chi connectivity index (χ4n) is 7.62. The van der Waals surface area contributed by atoms with Crippen molar-refractivity contribution in [2.24, 2.45) is 0 Å². The monoisotopic (exact) mass is 964 g/mol. The number of fused-ring (bicyclic) bond motifs is 2. The molecule has 3 aromatic carbocycles. The Labute approximate surface area is 402 Å². The van der Waals surface area contributed by atoms with Gasteiger partial charge in [0, 0.05) is 47.7 Å². The van der Waals surface area contributed by atoms with E-state index in [9.17, 15) is 23.8 Å². The largest absolute Gasteiger partial charge is 0.527 e. The standard InChI is InChI=1S/C45H59ClN5O8P.C6H15N/c1-45(2,3)58-44(54)51-40(30-34-28-32-20-12-15-23-37(32)49-34)43(53)50-39(29-33-31-48-38-24-16-13-21-35(33)38)42(52)47-26-18-10-8-6-4-5-7-9-11-19-27-57-60(55,56)59-41-25-17-14-22-36(41)46;1-4-7(5-2)6-3/h12-17,20-25,28,31,39-40,48-49H,4-11,18-19,26-27,29-30H2,1-3H3,(H,47,52)(H,50,53)(H,51,54)(H,55,56);4-6H2,1-3H3/t39-,40-;/m0./s1. The molecule has 14 nitrogen and oxygen atoms in total. The van der Waals surface area contributed by atoms with Crippen molar-refractivity contribution < 1.29 is 37.6 Å². The third-order valence-corrected chi connectivity index (χ3v) is 12.5. The van der Waals surface area contributed by atoms with Gasteiger partial charge in [0.15, 0.2) is 0 Å². The average molecular weight is 966 g/mol. The van der Waals surface area contributed by atoms with Crippen LogP contribution in [0, 0.1) is 0 Å². The van der Waals surface area contributed by atoms with E-state index < -0.39 is 37.5 Å². The van der Waals surface area contributed by atoms with Crippen LogP contribution in [0.1, 0.15) is 117 Å². The van der Waals surface area contributed by atoms with E-state index in [2.05, 4.69) is 51.6 Å². The molecular weight excluding hydrogens is 891 g/mol. The van der Waals surface area contributed by atoms with Crippen LogP contribution < -0.4 is 20.5 Å². The molecule has 0 bridgehead atoms. The van der Waals surface area contributed by atoms with Gasteiger partial charge in [0.05, 0.1) is 11.6 Å². The third-order valence-electron chi connectivity index (χ3n) is 11.3. The van der Waals surface area contributed by atoms with Crippen molar-refractivity contribution in [2.45, 2.75) is 136 Å². The minimum absolute atomic E-state index is 0.112. The second-order valence-corrected chi connectivity index (χ2v) is 19.5. The second-order valence-electron chi connectivity index (χ2n) is 17.7. The van der Waals surface area contributed by atoms with E-state index in [0.717, 1.165) is 90.9 Å². The first-order chi connectivity index (χ1) is 32.1. The van der Waals surface area contributed by atoms with Crippen LogP contribution in [0.2, 0.25) is 5.02 Å². The highest BCUT2D eigenvalue weighted by atomic mass is 35.5. The van der Waals surface area contributed by atoms with Gasteiger partial charge in [-0.25, -0.2) is 9.36 Å². The van der Waals surface area contributed by atoms with Gasteiger partial charge in [-0.05, 0) is 94.5 Å². The summed E-state index contributed by atoms with van der Waals surface area (Å²) in [6.45, 7) is 16.0. The molecule has 0 saturated heterocycles. The van der Waals surface area contributed by atoms with Gasteiger partial charge in [0.2, 0.25) is 11.8 Å². The number of alkyl carbamates (subject to hydrolysis) is 1. The van der Waals surface area contributed by atoms with Gasteiger partial charge in [0.1, 0.15) is 23.4 Å². The van der Waals surface area contributed by atoms with E-state index in [4.69, 9.17) is 25.4 Å². The van der Waals surface area contributed by atoms with Gasteiger partial charge < -0.3 is 40.1 Å². The molecule has 67 heavy (non-hydrogen) atoms. The molecule has 2 heterocycles. The number of para-hydroxylation sites is 3. The lowest BCUT2D eigenvalue weighted by Crippen LogP contribution is -2.55. The van der Waals surface area contributed by atoms with E-state index in [-0.39, 0.29) is 36.1 Å². The predicted molar refractivity (Wildman–Crippen MR) is 270 cm³/mol. The van der Waals surface area contributed by atoms with Crippen molar-refractivity contribution in [1.82, 2.24) is 30.8 Å². The number of phosphoric acid groups is 1. The van der Waals surface area contributed by atoms with Crippen molar-refractivity contribution in [3.05, 3.63) is 101 Å². The van der Waals surface area contributed by atoms with Crippen LogP contribution in [-0.4, -0.2) is 88.1 Å². The number of carbonyl (C=O) groups excluding carboxylic acids is 3. The van der Waals surface area contributed by atoms with Gasteiger partial charge in [-0.2, -0.15) is 0 Å². The van der Waals surface area contributed by atoms with E-state index >= 15 is 0 Å². The molecule has 1 unspecified atom stereocenters. The minimum atomic E-state index is -4.23. The van der Waals surface area contributed by atoms with Gasteiger partial charge in [-0.15, -0.1) is 0 Å². The lowest BCUT2D eigenvalue weighted by atomic mass is 10.0. The number of rotatable bonds is 27. The van der Waals surface area contributed by atoms with Crippen molar-refractivity contribution in [1.29, 1.82) is 0 Å². The maximum Gasteiger partial charge on any atom is 0.527 e. The average Bonchev–Trinajstić information content (AvgIpc) is 3.90. The maximum atomic E-state index is 14.0. The Hall–Kier alpha value is -4.85. The molecule has 5 rings (SSSR count). The number of hydrogen-bond donors (Lipinski definition) is 6. The topological polar surface area (TPSA) is 187 Å². The lowest BCUT2D eigenvalue weighted by Gasteiger charge is -2.25. The zero-order valence-corrected chi connectivity index (χ0v) is 42.0. The fraction of sp³-hybridized carbons (Fsp3) is 0.510. The summed E-state index contributed by atoms with van der Waals surface area (Å²) in [5.41, 5.74) is 2.72. The molecule has 6 N–H and O–H groups in total. The Morgan fingerprint density at radius 1 is 0.746 bits per heavy atom. The molecule has 0 aliphatic carbocycles. The van der Waals surface area contributed by atoms with E-state index in [0.29, 0.717) is 13.0 Å². The molecule has 16 heteroatoms. The number of unbranched alkanes of at least 4 members (excludes halogenated alkanes) is 9. The maximum absolute atomic E-state index is 14.0. The molecule has 2 aromatic heterocycles. The van der Waals surface area contributed by atoms with Crippen LogP contribution in [0.15, 0.2) is 85.1 Å². The van der Waals surface area contributed by atoms with Gasteiger partial charge in [-0.1, -0.05) is 132 Å². The van der Waals surface area contributed by atoms with Crippen LogP contribution in [0.5, 0.6) is 5.75 Å². The van der Waals surface area contributed by atoms with Crippen molar-refractivity contribution in [2.75, 3.05) is 32.8 Å². The first-order valence-corrected chi connectivity index (χ1v) is 25.8. The number of halogens is 1. The molecule has 368 valence electrons. The zero-order chi connectivity index (χ0) is 48.7. The molecule has 3 amide bonds. The highest BCUT2D eigenvalue weighted by Crippen LogP contribution is 2.45. The molecule has 3 atom stereocenters. The number of benzene rings is 3. The number of H-pyrrole nitrogens is 2. The van der Waals surface area contributed by atoms with Crippen LogP contribution >= 0.6 is 19.4 Å². The summed E-state index contributed by atoms with van der Waals surface area (Å²) in [5.74, 6) is -0.681. The molecule has 0 saturated carbocycles. The molecule has 0 spiro atoms. The Kier molecular flexibility index (Phi) is 23.3. The molecule has 0 fully saturated rings. The Balaban J connectivity index is 0.00000129. The quantitative estimate of drug-likeness (QED) is 0.0220. The summed E-state index contributed by atoms with van der Waals surface area (Å²) in [4.78, 5) is 59.7. The summed E-state index contributed by atoms with van der Waals surface area (Å²) < 4.78 is 27.9. The number of amides is 3. The van der Waals surface area contributed by atoms with Gasteiger partial charge in [0.25, 0.3) is 0 Å². The number of ether oxygens (including phenoxy) is 1. The summed E-state index contributed by atoms with van der Waals surface area (Å²) in [5, 5.41) is 11.0. The second kappa shape index (κ2) is 28.5. The Morgan fingerprint density at radius 2 is 1.33 bits per heavy atom. The molecular formula is C51H74ClN6O8P. The zero-order valence-electron chi connectivity index (χ0n) is 40.3. The highest BCUT2D eigenvalue weighted by molar-refractivity contribution is 7.47. The summed E-state index contributed by atoms with van der Waals surface area (Å²) in [7, 11) is -4.23. The number of hydrogen-bond acceptors (Lipinski definition) is 8. The molecule has 0 radical (unpaired) electrons. The van der Waals surface area contributed by atoms with E-state index in [1.165, 1.54) is 25.7 Å². The molecule has 0 aliphatic heterocycles. The third kappa shape index (κ3) is 20.1. The predicted octanol–water partition coefficient (Wildman–Crippen LogP) is 11.0. The SMILES string of the molecule is CC(C)(C)OC(=O)N[C@@H](Cc1cc2ccccc2[nH]1)C(=O)N[C@@H](Cc1c[nH]c2ccccc12)C(=O)NCCCCCCCCCCCCOP(=O)(O)Oc1ccccc1Cl.CCN(CC)CC. The van der Waals surface area contributed by atoms with E-state index in [1.807, 2.05) is 60.8 Å². The molecule has 0 aliphatic rings. The van der Waals surface area contributed by atoms with Crippen molar-refractivity contribution in [3.8, 4) is 5.75 Å². The number of aromatic nitrogens is 2. The van der Waals surface area contributed by atoms with Crippen molar-refractivity contribution >= 4 is 59.1 Å². The van der Waals surface area contributed by atoms with E-state index in [1.54, 1.807) is 39.0 Å². The fourth-order valence-corrected chi connectivity index (χ4v) is 8.67. The van der Waals surface area contributed by atoms with Crippen LogP contribution in [0.3, 0.4) is 0 Å². The number of phosphoric ester groups is 1. The van der Waals surface area contributed by atoms with Crippen molar-refractivity contribution in [3.63, 3.8) is 0 Å². The Bertz CT molecular complexity index is 2270. The highest BCUT2D eigenvalue weighted by Gasteiger charge is 2.30. The summed E-state index contributed by atoms with van der Waals surface area (Å²) in [6, 6.07) is 22.1. The number of carbonyl (C=O) groups is 3. The minimum Gasteiger partial charge on any atom is -0.444 e. The van der Waals surface area contributed by atoms with Crippen LogP contribution in [0.25, 0.3) is 21.8 Å². The van der Waals surface area contributed by atoms with Gasteiger partial charge in [-0.3, -0.25) is 19.0 Å². The normalized spacial score (nSPS) is 13.3. The number of nitrogens with zero attached hydrogens (tertiary/aromatic N) is 1. The smallest absolute Gasteiger partial charge is 0.444 e. The lowest BCUT2D eigenvalue weighted by molar-refractivity contribution is -0.130.